The molecular formula is C72H74F7N15O8. The number of hydrogen-bond acceptors (Lipinski definition) is 14. The summed E-state index contributed by atoms with van der Waals surface area (Å²) in [5.41, 5.74) is 36.1. The van der Waals surface area contributed by atoms with Crippen LogP contribution in [-0.2, 0) is 29.1 Å². The van der Waals surface area contributed by atoms with Crippen molar-refractivity contribution in [1.82, 2.24) is 45.3 Å². The lowest BCUT2D eigenvalue weighted by molar-refractivity contribution is 0.0557. The van der Waals surface area contributed by atoms with Crippen LogP contribution >= 0.6 is 0 Å². The first-order valence-corrected chi connectivity index (χ1v) is 32.6. The second-order valence-corrected chi connectivity index (χ2v) is 24.8. The number of aromatic nitrogens is 6. The van der Waals surface area contributed by atoms with Crippen LogP contribution in [0, 0.1) is 61.5 Å². The maximum atomic E-state index is 15.1. The van der Waals surface area contributed by atoms with Crippen molar-refractivity contribution in [2.24, 2.45) is 17.2 Å². The maximum absolute atomic E-state index is 15.1. The Morgan fingerprint density at radius 3 is 1.39 bits per heavy atom. The van der Waals surface area contributed by atoms with Gasteiger partial charge in [-0.1, -0.05) is 61.4 Å². The summed E-state index contributed by atoms with van der Waals surface area (Å²) in [7, 11) is 0. The summed E-state index contributed by atoms with van der Waals surface area (Å²) in [5, 5.41) is 20.6. The maximum Gasteiger partial charge on any atom is 0.254 e. The highest BCUT2D eigenvalue weighted by Gasteiger charge is 2.33. The summed E-state index contributed by atoms with van der Waals surface area (Å²) in [6.07, 6.45) is 6.62. The average Bonchev–Trinajstić information content (AvgIpc) is 1.62. The Labute approximate surface area is 580 Å². The highest BCUT2D eigenvalue weighted by atomic mass is 19.2. The van der Waals surface area contributed by atoms with Gasteiger partial charge >= 0.3 is 0 Å². The first kappa shape index (κ1) is 73.3. The highest BCUT2D eigenvalue weighted by Crippen LogP contribution is 2.39. The number of nitrogens with zero attached hydrogens (tertiary/aromatic N) is 6. The summed E-state index contributed by atoms with van der Waals surface area (Å²) in [6.45, 7) is 6.13. The third-order valence-corrected chi connectivity index (χ3v) is 18.0. The van der Waals surface area contributed by atoms with E-state index in [-0.39, 0.29) is 116 Å². The lowest BCUT2D eigenvalue weighted by atomic mass is 10.0. The summed E-state index contributed by atoms with van der Waals surface area (Å²) in [6, 6.07) is 23.7. The Bertz CT molecular complexity index is 4690. The normalized spacial score (nSPS) is 15.2. The van der Waals surface area contributed by atoms with Crippen LogP contribution < -0.4 is 50.4 Å². The molecule has 2 unspecified atom stereocenters. The number of benzene rings is 6. The van der Waals surface area contributed by atoms with Gasteiger partial charge in [0.05, 0.1) is 31.3 Å². The van der Waals surface area contributed by atoms with Gasteiger partial charge in [0.1, 0.15) is 80.3 Å². The predicted octanol–water partition coefficient (Wildman–Crippen LogP) is 10.2. The Morgan fingerprint density at radius 1 is 0.451 bits per heavy atom. The van der Waals surface area contributed by atoms with E-state index in [1.807, 2.05) is 0 Å². The number of nitrogen functional groups attached to an aromatic ring is 3. The molecule has 3 aliphatic rings. The van der Waals surface area contributed by atoms with E-state index in [0.717, 1.165) is 80.0 Å². The minimum Gasteiger partial charge on any atom is -0.383 e. The van der Waals surface area contributed by atoms with Crippen molar-refractivity contribution in [2.45, 2.75) is 110 Å². The average molecular weight is 1410 g/mol. The third kappa shape index (κ3) is 15.9. The number of carbonyl (C=O) groups is 6. The van der Waals surface area contributed by atoms with Gasteiger partial charge in [-0.05, 0) is 131 Å². The van der Waals surface area contributed by atoms with Crippen LogP contribution in [0.4, 0.5) is 48.2 Å². The Kier molecular flexibility index (Phi) is 22.9. The van der Waals surface area contributed by atoms with Crippen molar-refractivity contribution in [1.29, 1.82) is 0 Å². The van der Waals surface area contributed by atoms with E-state index in [1.165, 1.54) is 38.3 Å². The summed E-state index contributed by atoms with van der Waals surface area (Å²) < 4.78 is 119. The third-order valence-electron chi connectivity index (χ3n) is 18.0. The molecule has 6 amide bonds. The molecule has 0 bridgehead atoms. The molecule has 2 atom stereocenters. The SMILES string of the molecule is Cc1ccc(F)cc1C(=O)NCc1c(F)cc(-c2nn(C3CCCOC3)c(N)c2C(N)=O)cc1F.Cc1ccccc1C(=O)NCc1cc(F)c(-c2nn(C3CCCC3)c(N)c2C(N)=O)cc1F.Cc1ccccc1C(=O)NCc1ccc(-c2nn(C3CCCOC3)c(N)c2C(N)=O)c(F)c1F. The van der Waals surface area contributed by atoms with Gasteiger partial charge in [0.15, 0.2) is 11.6 Å². The fraction of sp³-hybridized carbons (Fsp3) is 0.292. The van der Waals surface area contributed by atoms with Crippen LogP contribution in [0.1, 0.15) is 165 Å². The standard InChI is InChI=1S/C24H24F3N5O3.C24H25F2N5O3.C24H25F2N5O2/c1-12-4-5-14(25)9-16(12)24(34)30-10-17-18(26)7-13(8-19(17)27)21-20(23(29)33)22(28)32(31-21)15-3-2-6-35-11-15;1-13-5-2-3-7-16(13)24(33)29-11-14-8-9-17(20(26)19(14)25)21-18(23(28)32)22(27)31(30-21)15-6-4-10-34-12-15;1-13-6-2-5-9-16(13)24(33)29-12-14-10-19(26)17(11-18(14)25)21-20(23(28)32)22(27)31(30-21)15-7-3-4-8-15/h4-5,7-9,15H,2-3,6,10-11,28H2,1H3,(H2,29,33)(H,30,34);2-3,5,7-9,15H,4,6,10-12,27H2,1H3,(H2,28,32)(H,29,33);2,5-6,9-11,15H,3-4,7-8,12,27H2,1H3,(H2,28,32)(H,29,33). The molecule has 0 radical (unpaired) electrons. The number of aryl methyl sites for hydroxylation is 3. The molecule has 23 nitrogen and oxygen atoms in total. The van der Waals surface area contributed by atoms with Gasteiger partial charge in [-0.15, -0.1) is 0 Å². The number of amides is 6. The van der Waals surface area contributed by atoms with Gasteiger partial charge in [-0.2, -0.15) is 15.3 Å². The second kappa shape index (κ2) is 31.9. The molecule has 102 heavy (non-hydrogen) atoms. The van der Waals surface area contributed by atoms with E-state index in [1.54, 1.807) is 69.3 Å². The summed E-state index contributed by atoms with van der Waals surface area (Å²) in [5.74, 6) is -10.6. The molecule has 1 aliphatic carbocycles. The lowest BCUT2D eigenvalue weighted by Gasteiger charge is -2.23. The Hall–Kier alpha value is -11.4. The number of nitrogens with one attached hydrogen (secondary N) is 3. The molecule has 12 rings (SSSR count). The minimum absolute atomic E-state index is 0.00869. The number of primary amides is 3. The summed E-state index contributed by atoms with van der Waals surface area (Å²) in [4.78, 5) is 73.5. The van der Waals surface area contributed by atoms with Crippen LogP contribution in [0.3, 0.4) is 0 Å². The van der Waals surface area contributed by atoms with Gasteiger partial charge in [0, 0.05) is 82.9 Å². The van der Waals surface area contributed by atoms with E-state index >= 15 is 8.78 Å². The van der Waals surface area contributed by atoms with Crippen LogP contribution in [0.5, 0.6) is 0 Å². The zero-order valence-electron chi connectivity index (χ0n) is 55.7. The van der Waals surface area contributed by atoms with Gasteiger partial charge < -0.3 is 59.8 Å². The lowest BCUT2D eigenvalue weighted by Crippen LogP contribution is -2.25. The quantitative estimate of drug-likeness (QED) is 0.0361. The fourth-order valence-electron chi connectivity index (χ4n) is 12.5. The van der Waals surface area contributed by atoms with E-state index in [4.69, 9.17) is 43.9 Å². The second-order valence-electron chi connectivity index (χ2n) is 24.8. The smallest absolute Gasteiger partial charge is 0.254 e. The Balaban J connectivity index is 0.000000165. The van der Waals surface area contributed by atoms with Crippen LogP contribution in [0.25, 0.3) is 33.8 Å². The number of carbonyl (C=O) groups excluding carboxylic acids is 6. The molecule has 6 aromatic carbocycles. The fourth-order valence-corrected chi connectivity index (χ4v) is 12.5. The molecule has 5 heterocycles. The van der Waals surface area contributed by atoms with Crippen molar-refractivity contribution < 1.29 is 69.0 Å². The number of halogens is 7. The van der Waals surface area contributed by atoms with E-state index in [2.05, 4.69) is 31.2 Å². The number of hydrogen-bond donors (Lipinski definition) is 9. The largest absolute Gasteiger partial charge is 0.383 e. The van der Waals surface area contributed by atoms with E-state index < -0.39 is 88.3 Å². The topological polar surface area (TPSA) is 367 Å². The zero-order chi connectivity index (χ0) is 73.4. The molecule has 2 saturated heterocycles. The number of ether oxygens (including phenoxy) is 2. The molecule has 9 aromatic rings. The number of rotatable bonds is 18. The number of anilines is 3. The molecule has 534 valence electrons. The van der Waals surface area contributed by atoms with Gasteiger partial charge in [0.25, 0.3) is 35.4 Å². The van der Waals surface area contributed by atoms with Gasteiger partial charge in [-0.3, -0.25) is 28.8 Å². The first-order valence-electron chi connectivity index (χ1n) is 32.6. The minimum atomic E-state index is -1.21. The molecule has 30 heteroatoms. The molecule has 2 aliphatic heterocycles. The van der Waals surface area contributed by atoms with Crippen molar-refractivity contribution in [3.05, 3.63) is 211 Å². The number of nitrogens with two attached hydrogens (primary N) is 6. The van der Waals surface area contributed by atoms with Crippen molar-refractivity contribution in [3.63, 3.8) is 0 Å². The molecule has 1 saturated carbocycles. The zero-order valence-corrected chi connectivity index (χ0v) is 55.7. The monoisotopic (exact) mass is 1410 g/mol. The van der Waals surface area contributed by atoms with E-state index in [0.29, 0.717) is 56.0 Å². The van der Waals surface area contributed by atoms with Gasteiger partial charge in [0.2, 0.25) is 0 Å². The summed E-state index contributed by atoms with van der Waals surface area (Å²) >= 11 is 0. The van der Waals surface area contributed by atoms with Crippen molar-refractivity contribution in [3.8, 4) is 33.8 Å². The molecular weight excluding hydrogens is 1340 g/mol. The molecule has 15 N–H and O–H groups in total. The molecule has 3 fully saturated rings. The first-order chi connectivity index (χ1) is 48.7. The molecule has 3 aromatic heterocycles. The Morgan fingerprint density at radius 2 is 0.892 bits per heavy atom. The van der Waals surface area contributed by atoms with Crippen molar-refractivity contribution in [2.75, 3.05) is 43.6 Å². The van der Waals surface area contributed by atoms with Gasteiger partial charge in [-0.25, -0.2) is 44.8 Å². The van der Waals surface area contributed by atoms with Crippen molar-refractivity contribution >= 4 is 52.9 Å². The highest BCUT2D eigenvalue weighted by molar-refractivity contribution is 6.05. The molecule has 0 spiro atoms. The van der Waals surface area contributed by atoms with E-state index in [9.17, 15) is 50.7 Å². The van der Waals surface area contributed by atoms with Crippen LogP contribution in [0.15, 0.2) is 103 Å². The van der Waals surface area contributed by atoms with Crippen LogP contribution in [0.2, 0.25) is 0 Å². The predicted molar refractivity (Wildman–Crippen MR) is 364 cm³/mol. The van der Waals surface area contributed by atoms with Crippen LogP contribution in [-0.4, -0.2) is 91.2 Å².